The number of nitrogens with two attached hydrogens (primary N) is 1. The SMILES string of the molecule is NCC[C@H]1CNC(=O)c2cc(-c3cccc(OC(F)(F)F)c3)c(-c3cccc(Cl)c3)n21. The lowest BCUT2D eigenvalue weighted by molar-refractivity contribution is -0.274. The van der Waals surface area contributed by atoms with Crippen molar-refractivity contribution in [2.75, 3.05) is 13.1 Å². The lowest BCUT2D eigenvalue weighted by Crippen LogP contribution is -2.39. The average molecular weight is 450 g/mol. The number of hydrogen-bond acceptors (Lipinski definition) is 3. The van der Waals surface area contributed by atoms with Gasteiger partial charge in [0.2, 0.25) is 0 Å². The van der Waals surface area contributed by atoms with Crippen molar-refractivity contribution in [2.45, 2.75) is 18.8 Å². The van der Waals surface area contributed by atoms with Crippen molar-refractivity contribution in [1.29, 1.82) is 0 Å². The van der Waals surface area contributed by atoms with Crippen LogP contribution < -0.4 is 15.8 Å². The third-order valence-electron chi connectivity index (χ3n) is 5.11. The summed E-state index contributed by atoms with van der Waals surface area (Å²) in [6, 6.07) is 14.4. The summed E-state index contributed by atoms with van der Waals surface area (Å²) in [4.78, 5) is 12.6. The molecule has 3 N–H and O–H groups in total. The van der Waals surface area contributed by atoms with Crippen LogP contribution in [0.5, 0.6) is 5.75 Å². The highest BCUT2D eigenvalue weighted by atomic mass is 35.5. The van der Waals surface area contributed by atoms with Gasteiger partial charge in [0.25, 0.3) is 5.91 Å². The van der Waals surface area contributed by atoms with E-state index in [1.54, 1.807) is 30.3 Å². The molecule has 3 aromatic rings. The van der Waals surface area contributed by atoms with Crippen LogP contribution in [0.25, 0.3) is 22.4 Å². The molecule has 0 radical (unpaired) electrons. The summed E-state index contributed by atoms with van der Waals surface area (Å²) in [5.41, 5.74) is 8.72. The van der Waals surface area contributed by atoms with Gasteiger partial charge in [-0.25, -0.2) is 0 Å². The fourth-order valence-corrected chi connectivity index (χ4v) is 4.10. The molecular formula is C22H19ClF3N3O2. The van der Waals surface area contributed by atoms with Crippen LogP contribution in [0.3, 0.4) is 0 Å². The lowest BCUT2D eigenvalue weighted by atomic mass is 10.0. The van der Waals surface area contributed by atoms with Gasteiger partial charge in [-0.3, -0.25) is 4.79 Å². The number of benzene rings is 2. The first-order chi connectivity index (χ1) is 14.8. The van der Waals surface area contributed by atoms with E-state index in [2.05, 4.69) is 10.1 Å². The summed E-state index contributed by atoms with van der Waals surface area (Å²) in [6.07, 6.45) is -4.19. The fraction of sp³-hybridized carbons (Fsp3) is 0.227. The van der Waals surface area contributed by atoms with Crippen molar-refractivity contribution in [3.05, 3.63) is 65.3 Å². The standard InChI is InChI=1S/C22H19ClF3N3O2/c23-15-5-1-4-14(9-15)20-18(13-3-2-6-17(10-13)31-22(24,25)26)11-19-21(30)28-12-16(7-8-27)29(19)20/h1-6,9-11,16H,7-8,12,27H2,(H,28,30)/t16-/m0/s1. The number of halogens is 4. The second kappa shape index (κ2) is 8.28. The molecule has 4 rings (SSSR count). The molecule has 5 nitrogen and oxygen atoms in total. The summed E-state index contributed by atoms with van der Waals surface area (Å²) in [7, 11) is 0. The first-order valence-electron chi connectivity index (χ1n) is 9.62. The number of carbonyl (C=O) groups excluding carboxylic acids is 1. The van der Waals surface area contributed by atoms with E-state index in [0.717, 1.165) is 5.56 Å². The predicted octanol–water partition coefficient (Wildman–Crippen LogP) is 5.01. The van der Waals surface area contributed by atoms with Crippen LogP contribution in [-0.4, -0.2) is 29.9 Å². The van der Waals surface area contributed by atoms with Crippen LogP contribution in [-0.2, 0) is 0 Å². The van der Waals surface area contributed by atoms with E-state index in [-0.39, 0.29) is 17.7 Å². The zero-order chi connectivity index (χ0) is 22.2. The van der Waals surface area contributed by atoms with Gasteiger partial charge < -0.3 is 20.4 Å². The normalized spacial score (nSPS) is 16.0. The molecule has 0 spiro atoms. The fourth-order valence-electron chi connectivity index (χ4n) is 3.91. The Morgan fingerprint density at radius 2 is 1.87 bits per heavy atom. The van der Waals surface area contributed by atoms with Gasteiger partial charge in [0.05, 0.1) is 11.7 Å². The zero-order valence-corrected chi connectivity index (χ0v) is 17.0. The Bertz CT molecular complexity index is 1130. The highest BCUT2D eigenvalue weighted by Gasteiger charge is 2.32. The van der Waals surface area contributed by atoms with E-state index in [1.807, 2.05) is 10.6 Å². The molecule has 0 bridgehead atoms. The molecule has 1 aliphatic heterocycles. The van der Waals surface area contributed by atoms with E-state index < -0.39 is 6.36 Å². The zero-order valence-electron chi connectivity index (χ0n) is 16.2. The van der Waals surface area contributed by atoms with Crippen molar-refractivity contribution >= 4 is 17.5 Å². The lowest BCUT2D eigenvalue weighted by Gasteiger charge is -2.28. The largest absolute Gasteiger partial charge is 0.573 e. The minimum absolute atomic E-state index is 0.102. The number of nitrogens with one attached hydrogen (secondary N) is 1. The van der Waals surface area contributed by atoms with E-state index in [0.29, 0.717) is 47.0 Å². The Morgan fingerprint density at radius 1 is 1.13 bits per heavy atom. The second-order valence-electron chi connectivity index (χ2n) is 7.19. The molecule has 0 unspecified atom stereocenters. The molecule has 0 saturated carbocycles. The first-order valence-corrected chi connectivity index (χ1v) is 10.0. The number of ether oxygens (including phenoxy) is 1. The van der Waals surface area contributed by atoms with Crippen LogP contribution in [0.15, 0.2) is 54.6 Å². The molecule has 0 saturated heterocycles. The van der Waals surface area contributed by atoms with Crippen molar-refractivity contribution in [2.24, 2.45) is 5.73 Å². The van der Waals surface area contributed by atoms with Gasteiger partial charge in [0, 0.05) is 22.7 Å². The molecule has 2 heterocycles. The van der Waals surface area contributed by atoms with Gasteiger partial charge in [-0.2, -0.15) is 0 Å². The number of alkyl halides is 3. The number of amides is 1. The van der Waals surface area contributed by atoms with Crippen LogP contribution >= 0.6 is 11.6 Å². The number of carbonyl (C=O) groups is 1. The van der Waals surface area contributed by atoms with Gasteiger partial charge >= 0.3 is 6.36 Å². The van der Waals surface area contributed by atoms with Gasteiger partial charge in [-0.15, -0.1) is 13.2 Å². The third kappa shape index (κ3) is 4.40. The van der Waals surface area contributed by atoms with Crippen LogP contribution in [0, 0.1) is 0 Å². The molecule has 2 aromatic carbocycles. The number of fused-ring (bicyclic) bond motifs is 1. The highest BCUT2D eigenvalue weighted by Crippen LogP contribution is 2.41. The van der Waals surface area contributed by atoms with Crippen molar-refractivity contribution in [3.63, 3.8) is 0 Å². The maximum atomic E-state index is 12.7. The summed E-state index contributed by atoms with van der Waals surface area (Å²) < 4.78 is 44.2. The predicted molar refractivity (Wildman–Crippen MR) is 112 cm³/mol. The van der Waals surface area contributed by atoms with Crippen molar-refractivity contribution < 1.29 is 22.7 Å². The Labute approximate surface area is 181 Å². The summed E-state index contributed by atoms with van der Waals surface area (Å²) in [5.74, 6) is -0.598. The maximum absolute atomic E-state index is 12.7. The van der Waals surface area contributed by atoms with Gasteiger partial charge in [0.1, 0.15) is 11.4 Å². The maximum Gasteiger partial charge on any atom is 0.573 e. The molecule has 162 valence electrons. The molecule has 1 atom stereocenters. The minimum atomic E-state index is -4.81. The molecular weight excluding hydrogens is 431 g/mol. The number of rotatable bonds is 5. The summed E-state index contributed by atoms with van der Waals surface area (Å²) >= 11 is 6.21. The number of hydrogen-bond donors (Lipinski definition) is 2. The highest BCUT2D eigenvalue weighted by molar-refractivity contribution is 6.30. The van der Waals surface area contributed by atoms with E-state index >= 15 is 0 Å². The van der Waals surface area contributed by atoms with Gasteiger partial charge in [-0.05, 0) is 48.9 Å². The van der Waals surface area contributed by atoms with Crippen LogP contribution in [0.4, 0.5) is 13.2 Å². The Kier molecular flexibility index (Phi) is 5.68. The minimum Gasteiger partial charge on any atom is -0.406 e. The van der Waals surface area contributed by atoms with E-state index in [4.69, 9.17) is 17.3 Å². The van der Waals surface area contributed by atoms with Crippen molar-refractivity contribution in [3.8, 4) is 28.1 Å². The molecule has 31 heavy (non-hydrogen) atoms. The number of aromatic nitrogens is 1. The quantitative estimate of drug-likeness (QED) is 0.575. The molecule has 1 amide bonds. The topological polar surface area (TPSA) is 69.3 Å². The molecule has 9 heteroatoms. The molecule has 1 aliphatic rings. The van der Waals surface area contributed by atoms with E-state index in [9.17, 15) is 18.0 Å². The monoisotopic (exact) mass is 449 g/mol. The Hall–Kier alpha value is -2.97. The molecule has 0 aliphatic carbocycles. The Morgan fingerprint density at radius 3 is 2.58 bits per heavy atom. The summed E-state index contributed by atoms with van der Waals surface area (Å²) in [6.45, 7) is 0.819. The number of nitrogens with zero attached hydrogens (tertiary/aromatic N) is 1. The van der Waals surface area contributed by atoms with Crippen LogP contribution in [0.1, 0.15) is 23.0 Å². The van der Waals surface area contributed by atoms with Gasteiger partial charge in [0.15, 0.2) is 0 Å². The van der Waals surface area contributed by atoms with Crippen LogP contribution in [0.2, 0.25) is 5.02 Å². The smallest absolute Gasteiger partial charge is 0.406 e. The molecule has 0 fully saturated rings. The second-order valence-corrected chi connectivity index (χ2v) is 7.63. The third-order valence-corrected chi connectivity index (χ3v) is 5.34. The molecule has 1 aromatic heterocycles. The van der Waals surface area contributed by atoms with E-state index in [1.165, 1.54) is 18.2 Å². The van der Waals surface area contributed by atoms with Crippen molar-refractivity contribution in [1.82, 2.24) is 9.88 Å². The Balaban J connectivity index is 1.94. The average Bonchev–Trinajstić information content (AvgIpc) is 3.11. The first kappa shape index (κ1) is 21.3. The summed E-state index contributed by atoms with van der Waals surface area (Å²) in [5, 5.41) is 3.36. The van der Waals surface area contributed by atoms with Gasteiger partial charge in [-0.1, -0.05) is 35.9 Å².